The van der Waals surface area contributed by atoms with E-state index in [-0.39, 0.29) is 6.10 Å². The van der Waals surface area contributed by atoms with E-state index in [1.54, 1.807) is 0 Å². The van der Waals surface area contributed by atoms with Gasteiger partial charge in [0, 0.05) is 12.5 Å². The van der Waals surface area contributed by atoms with Crippen molar-refractivity contribution in [3.8, 4) is 11.8 Å². The van der Waals surface area contributed by atoms with Crippen LogP contribution in [0.1, 0.15) is 12.0 Å². The molecule has 3 nitrogen and oxygen atoms in total. The normalized spacial score (nSPS) is 19.9. The van der Waals surface area contributed by atoms with Gasteiger partial charge in [0.25, 0.3) is 0 Å². The summed E-state index contributed by atoms with van der Waals surface area (Å²) in [7, 11) is 0. The minimum Gasteiger partial charge on any atom is -0.486 e. The number of rotatable bonds is 2. The van der Waals surface area contributed by atoms with Gasteiger partial charge in [-0.15, -0.1) is 0 Å². The molecule has 78 valence electrons. The Morgan fingerprint density at radius 2 is 2.40 bits per heavy atom. The van der Waals surface area contributed by atoms with Crippen LogP contribution in [0.15, 0.2) is 18.2 Å². The van der Waals surface area contributed by atoms with Gasteiger partial charge in [-0.1, -0.05) is 0 Å². The zero-order valence-electron chi connectivity index (χ0n) is 8.07. The third-order valence-electron chi connectivity index (χ3n) is 2.25. The van der Waals surface area contributed by atoms with Crippen molar-refractivity contribution in [2.24, 2.45) is 0 Å². The number of nitriles is 1. The molecule has 1 aromatic carbocycles. The summed E-state index contributed by atoms with van der Waals surface area (Å²) in [6.45, 7) is 1.16. The molecule has 1 heterocycles. The highest BCUT2D eigenvalue weighted by atomic mass is 19.1. The van der Waals surface area contributed by atoms with E-state index in [4.69, 9.17) is 14.7 Å². The van der Waals surface area contributed by atoms with Gasteiger partial charge < -0.3 is 9.47 Å². The van der Waals surface area contributed by atoms with Gasteiger partial charge in [0.2, 0.25) is 0 Å². The SMILES string of the molecule is N#Cc1ccc(F)cc1OC1CCOC1. The number of benzene rings is 1. The Hall–Kier alpha value is -1.60. The van der Waals surface area contributed by atoms with Crippen molar-refractivity contribution in [3.05, 3.63) is 29.6 Å². The van der Waals surface area contributed by atoms with E-state index in [1.807, 2.05) is 6.07 Å². The van der Waals surface area contributed by atoms with Crippen LogP contribution in [0.4, 0.5) is 4.39 Å². The van der Waals surface area contributed by atoms with Crippen molar-refractivity contribution in [3.63, 3.8) is 0 Å². The fourth-order valence-corrected chi connectivity index (χ4v) is 1.47. The third-order valence-corrected chi connectivity index (χ3v) is 2.25. The lowest BCUT2D eigenvalue weighted by atomic mass is 10.2. The Bertz CT molecular complexity index is 394. The molecule has 0 saturated carbocycles. The van der Waals surface area contributed by atoms with Gasteiger partial charge in [0.15, 0.2) is 0 Å². The zero-order valence-corrected chi connectivity index (χ0v) is 8.07. The molecule has 0 bridgehead atoms. The maximum absolute atomic E-state index is 12.9. The Labute approximate surface area is 87.0 Å². The Morgan fingerprint density at radius 3 is 3.07 bits per heavy atom. The van der Waals surface area contributed by atoms with Crippen LogP contribution < -0.4 is 4.74 Å². The Balaban J connectivity index is 2.18. The van der Waals surface area contributed by atoms with Gasteiger partial charge in [0.1, 0.15) is 23.7 Å². The maximum Gasteiger partial charge on any atom is 0.140 e. The van der Waals surface area contributed by atoms with E-state index in [0.717, 1.165) is 6.42 Å². The summed E-state index contributed by atoms with van der Waals surface area (Å²) in [5.74, 6) is -0.101. The zero-order chi connectivity index (χ0) is 10.7. The lowest BCUT2D eigenvalue weighted by Crippen LogP contribution is -2.16. The van der Waals surface area contributed by atoms with E-state index in [9.17, 15) is 4.39 Å². The van der Waals surface area contributed by atoms with Crippen molar-refractivity contribution in [1.82, 2.24) is 0 Å². The number of hydrogen-bond acceptors (Lipinski definition) is 3. The Morgan fingerprint density at radius 1 is 1.53 bits per heavy atom. The van der Waals surface area contributed by atoms with Gasteiger partial charge in [0.05, 0.1) is 18.8 Å². The van der Waals surface area contributed by atoms with Crippen molar-refractivity contribution >= 4 is 0 Å². The van der Waals surface area contributed by atoms with Crippen LogP contribution in [0.2, 0.25) is 0 Å². The first-order valence-electron chi connectivity index (χ1n) is 4.73. The van der Waals surface area contributed by atoms with Gasteiger partial charge >= 0.3 is 0 Å². The fourth-order valence-electron chi connectivity index (χ4n) is 1.47. The van der Waals surface area contributed by atoms with Crippen LogP contribution in [0.3, 0.4) is 0 Å². The van der Waals surface area contributed by atoms with Crippen LogP contribution in [-0.2, 0) is 4.74 Å². The average molecular weight is 207 g/mol. The van der Waals surface area contributed by atoms with Crippen LogP contribution in [0, 0.1) is 17.1 Å². The van der Waals surface area contributed by atoms with Crippen LogP contribution in [0.25, 0.3) is 0 Å². The Kier molecular flexibility index (Phi) is 2.84. The molecular weight excluding hydrogens is 197 g/mol. The summed E-state index contributed by atoms with van der Waals surface area (Å²) < 4.78 is 23.6. The summed E-state index contributed by atoms with van der Waals surface area (Å²) >= 11 is 0. The maximum atomic E-state index is 12.9. The minimum absolute atomic E-state index is 0.0705. The molecule has 1 unspecified atom stereocenters. The molecular formula is C11H10FNO2. The topological polar surface area (TPSA) is 42.2 Å². The summed E-state index contributed by atoms with van der Waals surface area (Å²) in [6, 6.07) is 5.86. The summed E-state index contributed by atoms with van der Waals surface area (Å²) in [4.78, 5) is 0. The van der Waals surface area contributed by atoms with Gasteiger partial charge in [-0.05, 0) is 12.1 Å². The molecule has 1 aromatic rings. The second kappa shape index (κ2) is 4.28. The van der Waals surface area contributed by atoms with Crippen LogP contribution >= 0.6 is 0 Å². The molecule has 0 amide bonds. The fraction of sp³-hybridized carbons (Fsp3) is 0.364. The van der Waals surface area contributed by atoms with Gasteiger partial charge in [-0.3, -0.25) is 0 Å². The highest BCUT2D eigenvalue weighted by Crippen LogP contribution is 2.22. The lowest BCUT2D eigenvalue weighted by molar-refractivity contribution is 0.141. The molecule has 0 aliphatic carbocycles. The van der Waals surface area contributed by atoms with Gasteiger partial charge in [-0.25, -0.2) is 4.39 Å². The van der Waals surface area contributed by atoms with Crippen LogP contribution in [0.5, 0.6) is 5.75 Å². The molecule has 0 radical (unpaired) electrons. The molecule has 1 atom stereocenters. The summed E-state index contributed by atoms with van der Waals surface area (Å²) in [5.41, 5.74) is 0.350. The summed E-state index contributed by atoms with van der Waals surface area (Å²) in [6.07, 6.45) is 0.709. The predicted molar refractivity (Wildman–Crippen MR) is 51.0 cm³/mol. The smallest absolute Gasteiger partial charge is 0.140 e. The molecule has 0 N–H and O–H groups in total. The molecule has 1 saturated heterocycles. The highest BCUT2D eigenvalue weighted by Gasteiger charge is 2.18. The van der Waals surface area contributed by atoms with Gasteiger partial charge in [-0.2, -0.15) is 5.26 Å². The average Bonchev–Trinajstić information content (AvgIpc) is 2.71. The number of nitrogens with zero attached hydrogens (tertiary/aromatic N) is 1. The molecule has 2 rings (SSSR count). The minimum atomic E-state index is -0.400. The van der Waals surface area contributed by atoms with Crippen molar-refractivity contribution in [2.75, 3.05) is 13.2 Å². The molecule has 0 aromatic heterocycles. The van der Waals surface area contributed by atoms with E-state index in [0.29, 0.717) is 24.5 Å². The van der Waals surface area contributed by atoms with Crippen molar-refractivity contribution in [2.45, 2.75) is 12.5 Å². The molecule has 0 spiro atoms. The molecule has 1 aliphatic heterocycles. The molecule has 4 heteroatoms. The number of hydrogen-bond donors (Lipinski definition) is 0. The highest BCUT2D eigenvalue weighted by molar-refractivity contribution is 5.43. The second-order valence-electron chi connectivity index (χ2n) is 3.36. The second-order valence-corrected chi connectivity index (χ2v) is 3.36. The molecule has 1 aliphatic rings. The van der Waals surface area contributed by atoms with E-state index < -0.39 is 5.82 Å². The molecule has 15 heavy (non-hydrogen) atoms. The first-order valence-corrected chi connectivity index (χ1v) is 4.73. The molecule has 1 fully saturated rings. The number of halogens is 1. The summed E-state index contributed by atoms with van der Waals surface area (Å²) in [5, 5.41) is 8.80. The quantitative estimate of drug-likeness (QED) is 0.743. The standard InChI is InChI=1S/C11H10FNO2/c12-9-2-1-8(6-13)11(5-9)15-10-3-4-14-7-10/h1-2,5,10H,3-4,7H2. The van der Waals surface area contributed by atoms with Crippen molar-refractivity contribution < 1.29 is 13.9 Å². The first kappa shape index (κ1) is 9.94. The van der Waals surface area contributed by atoms with E-state index in [1.165, 1.54) is 18.2 Å². The van der Waals surface area contributed by atoms with E-state index in [2.05, 4.69) is 0 Å². The van der Waals surface area contributed by atoms with Crippen LogP contribution in [-0.4, -0.2) is 19.3 Å². The largest absolute Gasteiger partial charge is 0.486 e. The first-order chi connectivity index (χ1) is 7.29. The third kappa shape index (κ3) is 2.25. The number of ether oxygens (including phenoxy) is 2. The van der Waals surface area contributed by atoms with Crippen molar-refractivity contribution in [1.29, 1.82) is 5.26 Å². The monoisotopic (exact) mass is 207 g/mol. The lowest BCUT2D eigenvalue weighted by Gasteiger charge is -2.12. The predicted octanol–water partition coefficient (Wildman–Crippen LogP) is 1.87. The van der Waals surface area contributed by atoms with E-state index >= 15 is 0 Å².